The predicted molar refractivity (Wildman–Crippen MR) is 92.3 cm³/mol. The highest BCUT2D eigenvalue weighted by molar-refractivity contribution is 6.39. The predicted octanol–water partition coefficient (Wildman–Crippen LogP) is 3.77. The van der Waals surface area contributed by atoms with Crippen LogP contribution in [0.4, 0.5) is 0 Å². The average Bonchev–Trinajstić information content (AvgIpc) is 2.87. The van der Waals surface area contributed by atoms with Gasteiger partial charge in [-0.1, -0.05) is 27.2 Å². The lowest BCUT2D eigenvalue weighted by Crippen LogP contribution is -2.62. The lowest BCUT2D eigenvalue weighted by molar-refractivity contribution is -0.181. The highest BCUT2D eigenvalue weighted by atomic mass is 16.3. The van der Waals surface area contributed by atoms with Crippen LogP contribution in [-0.2, 0) is 9.59 Å². The second kappa shape index (κ2) is 5.40. The van der Waals surface area contributed by atoms with Crippen molar-refractivity contribution in [2.24, 2.45) is 40.4 Å². The second-order valence-electron chi connectivity index (χ2n) is 9.60. The van der Waals surface area contributed by atoms with Gasteiger partial charge in [-0.25, -0.2) is 0 Å². The normalized spacial score (nSPS) is 54.2. The Morgan fingerprint density at radius 3 is 2.54 bits per heavy atom. The van der Waals surface area contributed by atoms with Gasteiger partial charge >= 0.3 is 0 Å². The van der Waals surface area contributed by atoms with E-state index in [1.54, 1.807) is 0 Å². The summed E-state index contributed by atoms with van der Waals surface area (Å²) in [4.78, 5) is 25.1. The first-order valence-corrected chi connectivity index (χ1v) is 10.1. The van der Waals surface area contributed by atoms with Crippen molar-refractivity contribution in [2.75, 3.05) is 0 Å². The standard InChI is InChI=1S/C21H32O3/c1-4-12-6-9-15-14-8-5-13-7-10-16(22)19(24)21(13,3)18(14)17(23)11-20(12,15)2/h12-15,17-18,23H,4-11H2,1-3H3/t12-,13?,14-,15-,17+,18+,20+,21-/m0/s1. The number of carbonyl (C=O) groups excluding carboxylic acids is 2. The number of hydrogen-bond acceptors (Lipinski definition) is 3. The molecule has 0 aliphatic heterocycles. The van der Waals surface area contributed by atoms with Gasteiger partial charge in [0, 0.05) is 17.8 Å². The van der Waals surface area contributed by atoms with Crippen molar-refractivity contribution in [3.8, 4) is 0 Å². The quantitative estimate of drug-likeness (QED) is 0.744. The maximum atomic E-state index is 12.9. The van der Waals surface area contributed by atoms with Crippen LogP contribution in [0.5, 0.6) is 0 Å². The Morgan fingerprint density at radius 1 is 1.08 bits per heavy atom. The first-order chi connectivity index (χ1) is 11.3. The number of ketones is 2. The fraction of sp³-hybridized carbons (Fsp3) is 0.905. The van der Waals surface area contributed by atoms with E-state index < -0.39 is 11.5 Å². The van der Waals surface area contributed by atoms with Gasteiger partial charge < -0.3 is 5.11 Å². The molecule has 0 aromatic heterocycles. The average molecular weight is 332 g/mol. The molecule has 1 N–H and O–H groups in total. The van der Waals surface area contributed by atoms with Gasteiger partial charge in [0.2, 0.25) is 5.78 Å². The Morgan fingerprint density at radius 2 is 1.83 bits per heavy atom. The van der Waals surface area contributed by atoms with Gasteiger partial charge in [-0.3, -0.25) is 9.59 Å². The Kier molecular flexibility index (Phi) is 3.77. The number of rotatable bonds is 1. The molecular weight excluding hydrogens is 300 g/mol. The van der Waals surface area contributed by atoms with Crippen LogP contribution < -0.4 is 0 Å². The van der Waals surface area contributed by atoms with Crippen LogP contribution in [0.1, 0.15) is 72.1 Å². The smallest absolute Gasteiger partial charge is 0.204 e. The molecule has 0 spiro atoms. The molecule has 4 aliphatic rings. The van der Waals surface area contributed by atoms with Crippen molar-refractivity contribution in [2.45, 2.75) is 78.2 Å². The molecule has 0 aromatic rings. The SMILES string of the molecule is CC[C@H]1CC[C@H]2[C@@H]3CCC4CCC(=O)C(=O)[C@]4(C)[C@H]3[C@H](O)C[C@]12C. The summed E-state index contributed by atoms with van der Waals surface area (Å²) in [7, 11) is 0. The third-order valence-corrected chi connectivity index (χ3v) is 8.99. The summed E-state index contributed by atoms with van der Waals surface area (Å²) >= 11 is 0. The number of fused-ring (bicyclic) bond motifs is 5. The van der Waals surface area contributed by atoms with Gasteiger partial charge in [-0.05, 0) is 67.6 Å². The van der Waals surface area contributed by atoms with E-state index in [9.17, 15) is 14.7 Å². The molecule has 0 amide bonds. The van der Waals surface area contributed by atoms with E-state index in [4.69, 9.17) is 0 Å². The van der Waals surface area contributed by atoms with Crippen LogP contribution in [0, 0.1) is 40.4 Å². The number of carbonyl (C=O) groups is 2. The van der Waals surface area contributed by atoms with E-state index in [0.717, 1.165) is 25.7 Å². The van der Waals surface area contributed by atoms with E-state index >= 15 is 0 Å². The van der Waals surface area contributed by atoms with Crippen LogP contribution >= 0.6 is 0 Å². The maximum absolute atomic E-state index is 12.9. The Bertz CT molecular complexity index is 569. The lowest BCUT2D eigenvalue weighted by Gasteiger charge is -2.60. The van der Waals surface area contributed by atoms with Crippen molar-refractivity contribution in [3.63, 3.8) is 0 Å². The van der Waals surface area contributed by atoms with Crippen LogP contribution in [0.25, 0.3) is 0 Å². The molecule has 4 fully saturated rings. The lowest BCUT2D eigenvalue weighted by atomic mass is 9.43. The van der Waals surface area contributed by atoms with Gasteiger partial charge in [0.05, 0.1) is 6.10 Å². The minimum Gasteiger partial charge on any atom is -0.393 e. The molecular formula is C21H32O3. The number of hydrogen-bond donors (Lipinski definition) is 1. The van der Waals surface area contributed by atoms with Crippen LogP contribution in [0.2, 0.25) is 0 Å². The van der Waals surface area contributed by atoms with Gasteiger partial charge in [-0.15, -0.1) is 0 Å². The monoisotopic (exact) mass is 332 g/mol. The number of Topliss-reactive ketones (excluding diaryl/α,β-unsaturated/α-hetero) is 2. The highest BCUT2D eigenvalue weighted by Gasteiger charge is 2.65. The van der Waals surface area contributed by atoms with Gasteiger partial charge in [0.1, 0.15) is 0 Å². The van der Waals surface area contributed by atoms with Crippen molar-refractivity contribution < 1.29 is 14.7 Å². The third-order valence-electron chi connectivity index (χ3n) is 8.99. The maximum Gasteiger partial charge on any atom is 0.204 e. The fourth-order valence-corrected chi connectivity index (χ4v) is 7.84. The molecule has 0 radical (unpaired) electrons. The minimum absolute atomic E-state index is 0.00156. The Balaban J connectivity index is 1.74. The van der Waals surface area contributed by atoms with Crippen molar-refractivity contribution >= 4 is 11.6 Å². The molecule has 0 saturated heterocycles. The number of aliphatic hydroxyl groups excluding tert-OH is 1. The second-order valence-corrected chi connectivity index (χ2v) is 9.60. The molecule has 8 atom stereocenters. The van der Waals surface area contributed by atoms with Crippen molar-refractivity contribution in [1.82, 2.24) is 0 Å². The summed E-state index contributed by atoms with van der Waals surface area (Å²) in [6, 6.07) is 0. The zero-order chi connectivity index (χ0) is 17.3. The molecule has 4 aliphatic carbocycles. The van der Waals surface area contributed by atoms with E-state index in [1.807, 2.05) is 6.92 Å². The van der Waals surface area contributed by atoms with Crippen molar-refractivity contribution in [1.29, 1.82) is 0 Å². The van der Waals surface area contributed by atoms with Crippen molar-refractivity contribution in [3.05, 3.63) is 0 Å². The van der Waals surface area contributed by atoms with Crippen LogP contribution in [0.3, 0.4) is 0 Å². The van der Waals surface area contributed by atoms with E-state index in [2.05, 4.69) is 13.8 Å². The Labute approximate surface area is 145 Å². The largest absolute Gasteiger partial charge is 0.393 e. The zero-order valence-electron chi connectivity index (χ0n) is 15.4. The molecule has 0 bridgehead atoms. The summed E-state index contributed by atoms with van der Waals surface area (Å²) < 4.78 is 0. The zero-order valence-corrected chi connectivity index (χ0v) is 15.4. The van der Waals surface area contributed by atoms with Gasteiger partial charge in [0.25, 0.3) is 0 Å². The van der Waals surface area contributed by atoms with E-state index in [-0.39, 0.29) is 22.9 Å². The van der Waals surface area contributed by atoms with Crippen LogP contribution in [-0.4, -0.2) is 22.8 Å². The highest BCUT2D eigenvalue weighted by Crippen LogP contribution is 2.66. The van der Waals surface area contributed by atoms with Gasteiger partial charge in [-0.2, -0.15) is 0 Å². The van der Waals surface area contributed by atoms with E-state index in [1.165, 1.54) is 19.3 Å². The Hall–Kier alpha value is -0.700. The molecule has 3 nitrogen and oxygen atoms in total. The molecule has 0 aromatic carbocycles. The summed E-state index contributed by atoms with van der Waals surface area (Å²) in [6.45, 7) is 6.69. The molecule has 134 valence electrons. The summed E-state index contributed by atoms with van der Waals surface area (Å²) in [6.07, 6.45) is 7.56. The molecule has 4 saturated carbocycles. The number of aliphatic hydroxyl groups is 1. The molecule has 4 rings (SSSR count). The molecule has 1 unspecified atom stereocenters. The first kappa shape index (κ1) is 16.8. The summed E-state index contributed by atoms with van der Waals surface area (Å²) in [5, 5.41) is 11.2. The molecule has 0 heterocycles. The summed E-state index contributed by atoms with van der Waals surface area (Å²) in [5.74, 6) is 1.69. The summed E-state index contributed by atoms with van der Waals surface area (Å²) in [5.41, 5.74) is -0.385. The first-order valence-electron chi connectivity index (χ1n) is 10.1. The van der Waals surface area contributed by atoms with Crippen LogP contribution in [0.15, 0.2) is 0 Å². The molecule has 24 heavy (non-hydrogen) atoms. The topological polar surface area (TPSA) is 54.4 Å². The minimum atomic E-state index is -0.608. The van der Waals surface area contributed by atoms with Gasteiger partial charge in [0.15, 0.2) is 5.78 Å². The van der Waals surface area contributed by atoms with E-state index in [0.29, 0.717) is 30.1 Å². The third kappa shape index (κ3) is 1.94. The molecule has 3 heteroatoms. The fourth-order valence-electron chi connectivity index (χ4n) is 7.84.